The normalized spacial score (nSPS) is 11.6. The number of fused-ring (bicyclic) bond motifs is 6. The first-order chi connectivity index (χ1) is 13.2. The van der Waals surface area contributed by atoms with Crippen molar-refractivity contribution in [2.45, 2.75) is 13.8 Å². The fourth-order valence-corrected chi connectivity index (χ4v) is 3.96. The van der Waals surface area contributed by atoms with Gasteiger partial charge in [0.05, 0.1) is 23.2 Å². The molecule has 0 amide bonds. The molecule has 0 saturated carbocycles. The highest BCUT2D eigenvalue weighted by Crippen LogP contribution is 2.34. The molecule has 0 spiro atoms. The minimum atomic E-state index is -0.281. The number of rotatable bonds is 2. The van der Waals surface area contributed by atoms with Crippen LogP contribution in [0.15, 0.2) is 60.8 Å². The number of pyridine rings is 2. The minimum absolute atomic E-state index is 0.281. The molecule has 0 unspecified atom stereocenters. The molecule has 4 nitrogen and oxygen atoms in total. The van der Waals surface area contributed by atoms with Crippen molar-refractivity contribution < 1.29 is 9.53 Å². The lowest BCUT2D eigenvalue weighted by molar-refractivity contribution is 0.0528. The molecule has 27 heavy (non-hydrogen) atoms. The number of aryl methyl sites for hydroxylation is 1. The Morgan fingerprint density at radius 2 is 1.70 bits per heavy atom. The fourth-order valence-electron chi connectivity index (χ4n) is 3.96. The van der Waals surface area contributed by atoms with Crippen molar-refractivity contribution in [3.05, 3.63) is 71.9 Å². The largest absolute Gasteiger partial charge is 0.462 e. The predicted molar refractivity (Wildman–Crippen MR) is 108 cm³/mol. The Morgan fingerprint density at radius 3 is 2.48 bits per heavy atom. The van der Waals surface area contributed by atoms with Gasteiger partial charge in [-0.05, 0) is 60.5 Å². The number of benzene rings is 2. The second-order valence-corrected chi connectivity index (χ2v) is 6.72. The summed E-state index contributed by atoms with van der Waals surface area (Å²) in [5.74, 6) is -0.281. The molecule has 0 radical (unpaired) electrons. The number of aromatic nitrogens is 2. The Labute approximate surface area is 156 Å². The zero-order valence-corrected chi connectivity index (χ0v) is 15.2. The Bertz CT molecular complexity index is 1370. The molecule has 0 aliphatic heterocycles. The van der Waals surface area contributed by atoms with Gasteiger partial charge in [0.15, 0.2) is 0 Å². The zero-order chi connectivity index (χ0) is 18.5. The summed E-state index contributed by atoms with van der Waals surface area (Å²) in [6.45, 7) is 4.16. The highest BCUT2D eigenvalue weighted by Gasteiger charge is 2.21. The Balaban J connectivity index is 2.06. The van der Waals surface area contributed by atoms with E-state index in [1.807, 2.05) is 38.1 Å². The molecule has 2 aromatic carbocycles. The molecule has 3 heterocycles. The number of hydrogen-bond acceptors (Lipinski definition) is 3. The van der Waals surface area contributed by atoms with Crippen molar-refractivity contribution in [3.8, 4) is 0 Å². The van der Waals surface area contributed by atoms with Crippen molar-refractivity contribution in [2.24, 2.45) is 0 Å². The van der Waals surface area contributed by atoms with Crippen LogP contribution in [-0.2, 0) is 4.74 Å². The van der Waals surface area contributed by atoms with E-state index in [0.29, 0.717) is 12.2 Å². The summed E-state index contributed by atoms with van der Waals surface area (Å²) in [5, 5.41) is 4.16. The van der Waals surface area contributed by atoms with Gasteiger partial charge in [0.2, 0.25) is 0 Å². The number of nitrogens with zero attached hydrogens (tertiary/aromatic N) is 2. The molecular weight excluding hydrogens is 336 g/mol. The lowest BCUT2D eigenvalue weighted by Crippen LogP contribution is -2.09. The van der Waals surface area contributed by atoms with Crippen LogP contribution >= 0.6 is 0 Å². The second kappa shape index (κ2) is 5.81. The van der Waals surface area contributed by atoms with Crippen LogP contribution in [0.25, 0.3) is 38.2 Å². The highest BCUT2D eigenvalue weighted by atomic mass is 16.5. The molecule has 5 aromatic rings. The third kappa shape index (κ3) is 2.23. The monoisotopic (exact) mass is 354 g/mol. The van der Waals surface area contributed by atoms with Crippen LogP contribution < -0.4 is 0 Å². The average molecular weight is 354 g/mol. The fraction of sp³-hybridized carbons (Fsp3) is 0.130. The van der Waals surface area contributed by atoms with Crippen molar-refractivity contribution in [3.63, 3.8) is 0 Å². The molecule has 0 N–H and O–H groups in total. The van der Waals surface area contributed by atoms with Gasteiger partial charge in [-0.2, -0.15) is 0 Å². The van der Waals surface area contributed by atoms with Gasteiger partial charge in [0.25, 0.3) is 0 Å². The summed E-state index contributed by atoms with van der Waals surface area (Å²) in [5.41, 5.74) is 4.38. The van der Waals surface area contributed by atoms with Crippen molar-refractivity contribution in [1.29, 1.82) is 0 Å². The van der Waals surface area contributed by atoms with Crippen LogP contribution in [0.4, 0.5) is 0 Å². The van der Waals surface area contributed by atoms with Gasteiger partial charge in [-0.3, -0.25) is 4.40 Å². The number of carbonyl (C=O) groups excluding carboxylic acids is 1. The third-order valence-electron chi connectivity index (χ3n) is 5.17. The molecule has 3 aromatic heterocycles. The number of esters is 1. The maximum atomic E-state index is 12.8. The first kappa shape index (κ1) is 15.8. The summed E-state index contributed by atoms with van der Waals surface area (Å²) in [6, 6.07) is 18.5. The Hall–Kier alpha value is -3.40. The third-order valence-corrected chi connectivity index (χ3v) is 5.17. The Morgan fingerprint density at radius 1 is 1.00 bits per heavy atom. The molecule has 0 saturated heterocycles. The van der Waals surface area contributed by atoms with Crippen LogP contribution in [0.3, 0.4) is 0 Å². The van der Waals surface area contributed by atoms with Gasteiger partial charge in [-0.1, -0.05) is 24.3 Å². The van der Waals surface area contributed by atoms with Gasteiger partial charge >= 0.3 is 5.97 Å². The standard InChI is InChI=1S/C23H18N2O2/c1-3-27-23(26)21-14(2)19-13-17-9-6-10-24-22(17)25(19)20-12-16-8-5-4-7-15(16)11-18(20)21/h4-13H,3H2,1-2H3. The number of carbonyl (C=O) groups is 1. The molecule has 0 aliphatic carbocycles. The van der Waals surface area contributed by atoms with E-state index in [-0.39, 0.29) is 5.97 Å². The van der Waals surface area contributed by atoms with Gasteiger partial charge in [0.1, 0.15) is 5.65 Å². The maximum absolute atomic E-state index is 12.8. The van der Waals surface area contributed by atoms with Crippen molar-refractivity contribution in [1.82, 2.24) is 9.38 Å². The van der Waals surface area contributed by atoms with Gasteiger partial charge in [-0.15, -0.1) is 0 Å². The molecule has 0 aliphatic rings. The lowest BCUT2D eigenvalue weighted by atomic mass is 9.99. The lowest BCUT2D eigenvalue weighted by Gasteiger charge is -2.14. The van der Waals surface area contributed by atoms with Crippen LogP contribution in [0.1, 0.15) is 22.8 Å². The first-order valence-corrected chi connectivity index (χ1v) is 9.07. The highest BCUT2D eigenvalue weighted by molar-refractivity contribution is 6.12. The first-order valence-electron chi connectivity index (χ1n) is 9.07. The van der Waals surface area contributed by atoms with Crippen LogP contribution in [0, 0.1) is 6.92 Å². The van der Waals surface area contributed by atoms with Crippen LogP contribution in [-0.4, -0.2) is 22.0 Å². The van der Waals surface area contributed by atoms with E-state index in [0.717, 1.165) is 43.8 Å². The van der Waals surface area contributed by atoms with Gasteiger partial charge in [-0.25, -0.2) is 9.78 Å². The van der Waals surface area contributed by atoms with Gasteiger partial charge < -0.3 is 4.74 Å². The maximum Gasteiger partial charge on any atom is 0.339 e. The molecule has 132 valence electrons. The van der Waals surface area contributed by atoms with Crippen molar-refractivity contribution >= 4 is 44.2 Å². The molecule has 0 atom stereocenters. The second-order valence-electron chi connectivity index (χ2n) is 6.72. The van der Waals surface area contributed by atoms with E-state index in [1.54, 1.807) is 6.20 Å². The average Bonchev–Trinajstić information content (AvgIpc) is 3.07. The van der Waals surface area contributed by atoms with Crippen LogP contribution in [0.2, 0.25) is 0 Å². The van der Waals surface area contributed by atoms with E-state index in [1.165, 1.54) is 0 Å². The number of ether oxygens (including phenoxy) is 1. The Kier molecular flexibility index (Phi) is 3.41. The SMILES string of the molecule is CCOC(=O)c1c(C)c2cc3cccnc3n2c2cc3ccccc3cc12. The quantitative estimate of drug-likeness (QED) is 0.320. The zero-order valence-electron chi connectivity index (χ0n) is 15.2. The molecule has 4 heteroatoms. The molecule has 5 rings (SSSR count). The predicted octanol–water partition coefficient (Wildman–Crippen LogP) is 5.28. The number of hydrogen-bond donors (Lipinski definition) is 0. The van der Waals surface area contributed by atoms with E-state index in [9.17, 15) is 4.79 Å². The van der Waals surface area contributed by atoms with E-state index in [2.05, 4.69) is 39.7 Å². The summed E-state index contributed by atoms with van der Waals surface area (Å²) >= 11 is 0. The van der Waals surface area contributed by atoms with Gasteiger partial charge in [0, 0.05) is 17.0 Å². The van der Waals surface area contributed by atoms with Crippen LogP contribution in [0.5, 0.6) is 0 Å². The molecule has 0 fully saturated rings. The summed E-state index contributed by atoms with van der Waals surface area (Å²) in [6.07, 6.45) is 1.80. The summed E-state index contributed by atoms with van der Waals surface area (Å²) in [4.78, 5) is 17.4. The van der Waals surface area contributed by atoms with E-state index < -0.39 is 0 Å². The molecule has 0 bridgehead atoms. The topological polar surface area (TPSA) is 43.6 Å². The summed E-state index contributed by atoms with van der Waals surface area (Å²) < 4.78 is 7.54. The molecular formula is C23H18N2O2. The minimum Gasteiger partial charge on any atom is -0.462 e. The summed E-state index contributed by atoms with van der Waals surface area (Å²) in [7, 11) is 0. The van der Waals surface area contributed by atoms with Crippen molar-refractivity contribution in [2.75, 3.05) is 6.61 Å². The smallest absolute Gasteiger partial charge is 0.339 e. The van der Waals surface area contributed by atoms with E-state index in [4.69, 9.17) is 4.74 Å². The van der Waals surface area contributed by atoms with E-state index >= 15 is 0 Å².